The minimum Gasteiger partial charge on any atom is -0.481 e. The van der Waals surface area contributed by atoms with Gasteiger partial charge in [-0.15, -0.1) is 0 Å². The van der Waals surface area contributed by atoms with Gasteiger partial charge >= 0.3 is 5.97 Å². The van der Waals surface area contributed by atoms with Gasteiger partial charge in [0.2, 0.25) is 5.91 Å². The number of carboxylic acids is 1. The number of carbonyl (C=O) groups excluding carboxylic acids is 1. The molecule has 1 saturated carbocycles. The van der Waals surface area contributed by atoms with Crippen molar-refractivity contribution >= 4 is 11.9 Å². The lowest BCUT2D eigenvalue weighted by Gasteiger charge is -2.38. The smallest absolute Gasteiger partial charge is 0.307 e. The van der Waals surface area contributed by atoms with Crippen LogP contribution in [0, 0.1) is 17.8 Å². The zero-order valence-corrected chi connectivity index (χ0v) is 13.3. The van der Waals surface area contributed by atoms with Crippen LogP contribution in [-0.2, 0) is 9.59 Å². The molecule has 0 bridgehead atoms. The number of rotatable bonds is 4. The molecule has 120 valence electrons. The largest absolute Gasteiger partial charge is 0.481 e. The van der Waals surface area contributed by atoms with Gasteiger partial charge in [-0.25, -0.2) is 0 Å². The molecule has 0 unspecified atom stereocenters. The van der Waals surface area contributed by atoms with Crippen LogP contribution in [0.3, 0.4) is 0 Å². The van der Waals surface area contributed by atoms with Crippen LogP contribution in [-0.4, -0.2) is 59.5 Å². The summed E-state index contributed by atoms with van der Waals surface area (Å²) >= 11 is 0. The summed E-state index contributed by atoms with van der Waals surface area (Å²) in [6.07, 6.45) is 3.30. The number of amides is 1. The number of hydrogen-bond donors (Lipinski definition) is 1. The Kier molecular flexibility index (Phi) is 5.62. The minimum atomic E-state index is -0.800. The molecule has 2 atom stereocenters. The lowest BCUT2D eigenvalue weighted by molar-refractivity contribution is -0.153. The quantitative estimate of drug-likeness (QED) is 0.857. The maximum atomic E-state index is 12.6. The molecule has 0 aromatic heterocycles. The van der Waals surface area contributed by atoms with Crippen LogP contribution in [0.1, 0.15) is 39.5 Å². The van der Waals surface area contributed by atoms with Crippen molar-refractivity contribution in [3.63, 3.8) is 0 Å². The van der Waals surface area contributed by atoms with E-state index >= 15 is 0 Å². The maximum absolute atomic E-state index is 12.6. The van der Waals surface area contributed by atoms with E-state index in [-0.39, 0.29) is 11.8 Å². The average Bonchev–Trinajstić information content (AvgIpc) is 2.46. The van der Waals surface area contributed by atoms with Crippen LogP contribution in [0.2, 0.25) is 0 Å². The number of carbonyl (C=O) groups is 2. The molecule has 2 fully saturated rings. The number of nitrogens with zero attached hydrogens (tertiary/aromatic N) is 2. The van der Waals surface area contributed by atoms with Gasteiger partial charge < -0.3 is 10.0 Å². The Balaban J connectivity index is 1.90. The third-order valence-corrected chi connectivity index (χ3v) is 4.71. The predicted molar refractivity (Wildman–Crippen MR) is 80.9 cm³/mol. The van der Waals surface area contributed by atoms with Crippen molar-refractivity contribution in [3.05, 3.63) is 0 Å². The van der Waals surface area contributed by atoms with E-state index in [9.17, 15) is 14.7 Å². The van der Waals surface area contributed by atoms with Crippen LogP contribution < -0.4 is 0 Å². The number of carboxylic acid groups (broad SMARTS) is 1. The fourth-order valence-corrected chi connectivity index (χ4v) is 3.62. The first-order valence-electron chi connectivity index (χ1n) is 8.23. The molecule has 1 N–H and O–H groups in total. The molecule has 1 saturated heterocycles. The molecule has 1 amide bonds. The molecule has 2 rings (SSSR count). The van der Waals surface area contributed by atoms with E-state index in [4.69, 9.17) is 0 Å². The Labute approximate surface area is 127 Å². The summed E-state index contributed by atoms with van der Waals surface area (Å²) in [5.41, 5.74) is 0. The Morgan fingerprint density at radius 2 is 1.62 bits per heavy atom. The SMILES string of the molecule is CC(C)CN1CCN(C(=O)[C@@H]2CCCC[C@@H]2C(=O)O)CC1. The standard InChI is InChI=1S/C16H28N2O3/c1-12(2)11-17-7-9-18(10-8-17)15(19)13-5-3-4-6-14(13)16(20)21/h12-14H,3-11H2,1-2H3,(H,20,21)/t13-,14+/m1/s1. The van der Waals surface area contributed by atoms with E-state index in [1.54, 1.807) is 0 Å². The van der Waals surface area contributed by atoms with Crippen LogP contribution in [0.25, 0.3) is 0 Å². The summed E-state index contributed by atoms with van der Waals surface area (Å²) in [5.74, 6) is -0.854. The highest BCUT2D eigenvalue weighted by Gasteiger charge is 2.38. The first-order chi connectivity index (χ1) is 9.99. The van der Waals surface area contributed by atoms with E-state index in [1.807, 2.05) is 4.90 Å². The normalized spacial score (nSPS) is 27.9. The third kappa shape index (κ3) is 4.19. The van der Waals surface area contributed by atoms with Crippen LogP contribution in [0.4, 0.5) is 0 Å². The lowest BCUT2D eigenvalue weighted by Crippen LogP contribution is -2.52. The van der Waals surface area contributed by atoms with Gasteiger partial charge in [-0.3, -0.25) is 14.5 Å². The van der Waals surface area contributed by atoms with Crippen LogP contribution in [0.5, 0.6) is 0 Å². The molecule has 0 spiro atoms. The van der Waals surface area contributed by atoms with Crippen molar-refractivity contribution in [2.45, 2.75) is 39.5 Å². The van der Waals surface area contributed by atoms with Crippen LogP contribution in [0.15, 0.2) is 0 Å². The van der Waals surface area contributed by atoms with Crippen LogP contribution >= 0.6 is 0 Å². The maximum Gasteiger partial charge on any atom is 0.307 e. The van der Waals surface area contributed by atoms with Crippen molar-refractivity contribution in [1.29, 1.82) is 0 Å². The van der Waals surface area contributed by atoms with Gasteiger partial charge in [0.05, 0.1) is 11.8 Å². The molecular formula is C16H28N2O3. The molecule has 0 radical (unpaired) electrons. The summed E-state index contributed by atoms with van der Waals surface area (Å²) in [7, 11) is 0. The lowest BCUT2D eigenvalue weighted by atomic mass is 9.78. The van der Waals surface area contributed by atoms with E-state index in [0.717, 1.165) is 52.0 Å². The van der Waals surface area contributed by atoms with Gasteiger partial charge in [0.15, 0.2) is 0 Å². The van der Waals surface area contributed by atoms with Crippen molar-refractivity contribution in [2.75, 3.05) is 32.7 Å². The molecule has 0 aromatic rings. The number of piperazine rings is 1. The molecule has 21 heavy (non-hydrogen) atoms. The predicted octanol–water partition coefficient (Wildman–Crippen LogP) is 1.68. The summed E-state index contributed by atoms with van der Waals surface area (Å²) in [5, 5.41) is 9.32. The van der Waals surface area contributed by atoms with Crippen molar-refractivity contribution < 1.29 is 14.7 Å². The first kappa shape index (κ1) is 16.3. The summed E-state index contributed by atoms with van der Waals surface area (Å²) in [6, 6.07) is 0. The van der Waals surface area contributed by atoms with Crippen molar-refractivity contribution in [2.24, 2.45) is 17.8 Å². The Bertz CT molecular complexity index is 376. The monoisotopic (exact) mass is 296 g/mol. The molecule has 5 heteroatoms. The van der Waals surface area contributed by atoms with Gasteiger partial charge in [-0.05, 0) is 18.8 Å². The van der Waals surface area contributed by atoms with Crippen molar-refractivity contribution in [1.82, 2.24) is 9.80 Å². The zero-order chi connectivity index (χ0) is 15.4. The molecule has 0 aromatic carbocycles. The topological polar surface area (TPSA) is 60.9 Å². The molecule has 5 nitrogen and oxygen atoms in total. The van der Waals surface area contributed by atoms with E-state index < -0.39 is 11.9 Å². The Hall–Kier alpha value is -1.10. The first-order valence-corrected chi connectivity index (χ1v) is 8.23. The number of hydrogen-bond acceptors (Lipinski definition) is 3. The highest BCUT2D eigenvalue weighted by molar-refractivity contribution is 5.85. The second kappa shape index (κ2) is 7.25. The summed E-state index contributed by atoms with van der Waals surface area (Å²) in [6.45, 7) is 8.79. The summed E-state index contributed by atoms with van der Waals surface area (Å²) in [4.78, 5) is 28.3. The van der Waals surface area contributed by atoms with Crippen molar-refractivity contribution in [3.8, 4) is 0 Å². The van der Waals surface area contributed by atoms with Gasteiger partial charge in [0, 0.05) is 32.7 Å². The molecule has 1 aliphatic carbocycles. The average molecular weight is 296 g/mol. The fraction of sp³-hybridized carbons (Fsp3) is 0.875. The Morgan fingerprint density at radius 1 is 1.05 bits per heavy atom. The van der Waals surface area contributed by atoms with E-state index in [1.165, 1.54) is 0 Å². The third-order valence-electron chi connectivity index (χ3n) is 4.71. The molecule has 1 aliphatic heterocycles. The summed E-state index contributed by atoms with van der Waals surface area (Å²) < 4.78 is 0. The van der Waals surface area contributed by atoms with E-state index in [2.05, 4.69) is 18.7 Å². The molecular weight excluding hydrogens is 268 g/mol. The molecule has 2 aliphatic rings. The second-order valence-corrected chi connectivity index (χ2v) is 6.86. The Morgan fingerprint density at radius 3 is 2.14 bits per heavy atom. The van der Waals surface area contributed by atoms with E-state index in [0.29, 0.717) is 12.3 Å². The van der Waals surface area contributed by atoms with Gasteiger partial charge in [0.1, 0.15) is 0 Å². The second-order valence-electron chi connectivity index (χ2n) is 6.86. The van der Waals surface area contributed by atoms with Gasteiger partial charge in [-0.1, -0.05) is 26.7 Å². The van der Waals surface area contributed by atoms with Gasteiger partial charge in [-0.2, -0.15) is 0 Å². The highest BCUT2D eigenvalue weighted by Crippen LogP contribution is 2.32. The number of aliphatic carboxylic acids is 1. The van der Waals surface area contributed by atoms with Gasteiger partial charge in [0.25, 0.3) is 0 Å². The fourth-order valence-electron chi connectivity index (χ4n) is 3.62. The minimum absolute atomic E-state index is 0.0753. The zero-order valence-electron chi connectivity index (χ0n) is 13.3. The highest BCUT2D eigenvalue weighted by atomic mass is 16.4. The molecule has 1 heterocycles.